The van der Waals surface area contributed by atoms with Crippen LogP contribution >= 0.6 is 11.6 Å². The Bertz CT molecular complexity index is 403. The quantitative estimate of drug-likeness (QED) is 0.872. The molecular formula is C13H18ClNO2. The molecular weight excluding hydrogens is 238 g/mol. The molecule has 1 atom stereocenters. The molecule has 3 nitrogen and oxygen atoms in total. The molecule has 94 valence electrons. The second-order valence-corrected chi connectivity index (χ2v) is 5.03. The van der Waals surface area contributed by atoms with Gasteiger partial charge in [0, 0.05) is 6.04 Å². The molecule has 0 radical (unpaired) electrons. The van der Waals surface area contributed by atoms with Crippen molar-refractivity contribution in [1.29, 1.82) is 0 Å². The largest absolute Gasteiger partial charge is 0.503 e. The first-order valence-electron chi connectivity index (χ1n) is 5.95. The summed E-state index contributed by atoms with van der Waals surface area (Å²) in [6, 6.07) is 3.50. The fraction of sp³-hybridized carbons (Fsp3) is 0.538. The van der Waals surface area contributed by atoms with Crippen molar-refractivity contribution in [2.75, 3.05) is 7.11 Å². The number of benzene rings is 1. The van der Waals surface area contributed by atoms with Gasteiger partial charge in [0.15, 0.2) is 11.5 Å². The van der Waals surface area contributed by atoms with Gasteiger partial charge in [-0.2, -0.15) is 0 Å². The highest BCUT2D eigenvalue weighted by atomic mass is 35.5. The van der Waals surface area contributed by atoms with Crippen LogP contribution in [-0.2, 0) is 0 Å². The van der Waals surface area contributed by atoms with E-state index < -0.39 is 0 Å². The van der Waals surface area contributed by atoms with Crippen molar-refractivity contribution in [3.8, 4) is 11.5 Å². The molecule has 0 saturated heterocycles. The van der Waals surface area contributed by atoms with Crippen LogP contribution < -0.4 is 10.5 Å². The van der Waals surface area contributed by atoms with Gasteiger partial charge in [-0.05, 0) is 36.5 Å². The van der Waals surface area contributed by atoms with Crippen molar-refractivity contribution in [3.63, 3.8) is 0 Å². The second-order valence-electron chi connectivity index (χ2n) is 4.62. The monoisotopic (exact) mass is 255 g/mol. The van der Waals surface area contributed by atoms with Crippen LogP contribution in [0.15, 0.2) is 12.1 Å². The van der Waals surface area contributed by atoms with E-state index in [0.29, 0.717) is 16.7 Å². The molecule has 1 aromatic carbocycles. The van der Waals surface area contributed by atoms with E-state index in [1.807, 2.05) is 0 Å². The second kappa shape index (κ2) is 5.15. The first-order valence-corrected chi connectivity index (χ1v) is 6.33. The van der Waals surface area contributed by atoms with Crippen molar-refractivity contribution in [1.82, 2.24) is 0 Å². The van der Waals surface area contributed by atoms with Gasteiger partial charge in [0.05, 0.1) is 12.1 Å². The van der Waals surface area contributed by atoms with Gasteiger partial charge in [-0.3, -0.25) is 0 Å². The predicted molar refractivity (Wildman–Crippen MR) is 68.6 cm³/mol. The summed E-state index contributed by atoms with van der Waals surface area (Å²) in [7, 11) is 1.51. The van der Waals surface area contributed by atoms with E-state index in [9.17, 15) is 5.11 Å². The molecule has 0 unspecified atom stereocenters. The Balaban J connectivity index is 2.28. The fourth-order valence-corrected chi connectivity index (χ4v) is 2.75. The molecule has 2 rings (SSSR count). The van der Waals surface area contributed by atoms with Gasteiger partial charge >= 0.3 is 0 Å². The van der Waals surface area contributed by atoms with Crippen LogP contribution in [-0.4, -0.2) is 12.2 Å². The maximum Gasteiger partial charge on any atom is 0.176 e. The lowest BCUT2D eigenvalue weighted by atomic mass is 9.92. The Morgan fingerprint density at radius 3 is 2.65 bits per heavy atom. The Kier molecular flexibility index (Phi) is 3.79. The van der Waals surface area contributed by atoms with Gasteiger partial charge < -0.3 is 15.6 Å². The highest BCUT2D eigenvalue weighted by Crippen LogP contribution is 2.40. The fourth-order valence-electron chi connectivity index (χ4n) is 2.53. The minimum absolute atomic E-state index is 0.0171. The van der Waals surface area contributed by atoms with Gasteiger partial charge in [0.25, 0.3) is 0 Å². The molecule has 17 heavy (non-hydrogen) atoms. The molecule has 1 aliphatic rings. The molecule has 0 spiro atoms. The molecule has 1 fully saturated rings. The summed E-state index contributed by atoms with van der Waals surface area (Å²) in [5.41, 5.74) is 7.19. The van der Waals surface area contributed by atoms with Crippen molar-refractivity contribution in [2.45, 2.75) is 31.7 Å². The minimum Gasteiger partial charge on any atom is -0.503 e. The number of methoxy groups -OCH3 is 1. The third-order valence-electron chi connectivity index (χ3n) is 3.56. The third-order valence-corrected chi connectivity index (χ3v) is 3.85. The lowest BCUT2D eigenvalue weighted by Gasteiger charge is -2.20. The topological polar surface area (TPSA) is 55.5 Å². The summed E-state index contributed by atoms with van der Waals surface area (Å²) in [4.78, 5) is 0. The number of phenolic OH excluding ortho intramolecular Hbond substituents is 1. The van der Waals surface area contributed by atoms with Gasteiger partial charge in [-0.25, -0.2) is 0 Å². The van der Waals surface area contributed by atoms with Gasteiger partial charge in [0.2, 0.25) is 0 Å². The Hall–Kier alpha value is -0.930. The van der Waals surface area contributed by atoms with E-state index in [1.165, 1.54) is 32.8 Å². The smallest absolute Gasteiger partial charge is 0.176 e. The molecule has 1 aliphatic carbocycles. The number of halogens is 1. The third kappa shape index (κ3) is 2.50. The molecule has 0 amide bonds. The van der Waals surface area contributed by atoms with E-state index in [-0.39, 0.29) is 11.8 Å². The zero-order chi connectivity index (χ0) is 12.4. The SMILES string of the molecule is COc1cc([C@H](N)C2CCCC2)cc(Cl)c1O. The summed E-state index contributed by atoms with van der Waals surface area (Å²) in [5.74, 6) is 0.887. The van der Waals surface area contributed by atoms with E-state index in [0.717, 1.165) is 5.56 Å². The number of rotatable bonds is 3. The van der Waals surface area contributed by atoms with Gasteiger partial charge in [-0.15, -0.1) is 0 Å². The summed E-state index contributed by atoms with van der Waals surface area (Å²) in [5, 5.41) is 9.97. The van der Waals surface area contributed by atoms with E-state index in [2.05, 4.69) is 0 Å². The number of aromatic hydroxyl groups is 1. The molecule has 0 bridgehead atoms. The van der Waals surface area contributed by atoms with Crippen LogP contribution in [0.2, 0.25) is 5.02 Å². The average Bonchev–Trinajstić information content (AvgIpc) is 2.85. The van der Waals surface area contributed by atoms with E-state index in [4.69, 9.17) is 22.1 Å². The van der Waals surface area contributed by atoms with Gasteiger partial charge in [0.1, 0.15) is 0 Å². The lowest BCUT2D eigenvalue weighted by molar-refractivity contribution is 0.370. The van der Waals surface area contributed by atoms with Crippen molar-refractivity contribution < 1.29 is 9.84 Å². The maximum atomic E-state index is 9.67. The predicted octanol–water partition coefficient (Wildman–Crippen LogP) is 3.24. The molecule has 1 aromatic rings. The zero-order valence-electron chi connectivity index (χ0n) is 9.95. The number of phenols is 1. The zero-order valence-corrected chi connectivity index (χ0v) is 10.7. The summed E-state index contributed by atoms with van der Waals surface area (Å²) in [6.07, 6.45) is 4.84. The van der Waals surface area contributed by atoms with E-state index in [1.54, 1.807) is 12.1 Å². The lowest BCUT2D eigenvalue weighted by Crippen LogP contribution is -2.19. The van der Waals surface area contributed by atoms with Crippen LogP contribution in [0.5, 0.6) is 11.5 Å². The number of ether oxygens (including phenoxy) is 1. The van der Waals surface area contributed by atoms with Gasteiger partial charge in [-0.1, -0.05) is 24.4 Å². The standard InChI is InChI=1S/C13H18ClNO2/c1-17-11-7-9(6-10(14)13(11)16)12(15)8-4-2-3-5-8/h6-8,12,16H,2-5,15H2,1H3/t12-/m1/s1. The van der Waals surface area contributed by atoms with Crippen LogP contribution in [0.3, 0.4) is 0 Å². The van der Waals surface area contributed by atoms with Crippen LogP contribution in [0, 0.1) is 5.92 Å². The highest BCUT2D eigenvalue weighted by Gasteiger charge is 2.24. The molecule has 3 N–H and O–H groups in total. The first kappa shape index (κ1) is 12.5. The molecule has 1 saturated carbocycles. The summed E-state index contributed by atoms with van der Waals surface area (Å²) >= 11 is 5.96. The van der Waals surface area contributed by atoms with Crippen LogP contribution in [0.4, 0.5) is 0 Å². The normalized spacial score (nSPS) is 18.3. The number of hydrogen-bond acceptors (Lipinski definition) is 3. The van der Waals surface area contributed by atoms with Crippen LogP contribution in [0.1, 0.15) is 37.3 Å². The molecule has 0 aliphatic heterocycles. The van der Waals surface area contributed by atoms with Crippen molar-refractivity contribution in [3.05, 3.63) is 22.7 Å². The van der Waals surface area contributed by atoms with Crippen molar-refractivity contribution in [2.24, 2.45) is 11.7 Å². The minimum atomic E-state index is -0.0236. The van der Waals surface area contributed by atoms with Crippen LogP contribution in [0.25, 0.3) is 0 Å². The molecule has 4 heteroatoms. The number of hydrogen-bond donors (Lipinski definition) is 2. The molecule has 0 heterocycles. The number of nitrogens with two attached hydrogens (primary N) is 1. The maximum absolute atomic E-state index is 9.67. The van der Waals surface area contributed by atoms with Crippen molar-refractivity contribution >= 4 is 11.6 Å². The first-order chi connectivity index (χ1) is 8.13. The highest BCUT2D eigenvalue weighted by molar-refractivity contribution is 6.32. The Morgan fingerprint density at radius 1 is 1.41 bits per heavy atom. The Morgan fingerprint density at radius 2 is 2.06 bits per heavy atom. The van der Waals surface area contributed by atoms with E-state index >= 15 is 0 Å². The molecule has 0 aromatic heterocycles. The summed E-state index contributed by atoms with van der Waals surface area (Å²) in [6.45, 7) is 0. The average molecular weight is 256 g/mol. The summed E-state index contributed by atoms with van der Waals surface area (Å²) < 4.78 is 5.09. The Labute approximate surface area is 107 Å².